The molecule has 0 aliphatic heterocycles. The molecule has 0 atom stereocenters. The number of ether oxygens (including phenoxy) is 1. The van der Waals surface area contributed by atoms with Gasteiger partial charge < -0.3 is 9.64 Å². The lowest BCUT2D eigenvalue weighted by molar-refractivity contribution is -0.384. The van der Waals surface area contributed by atoms with Gasteiger partial charge >= 0.3 is 0 Å². The number of benzene rings is 1. The lowest BCUT2D eigenvalue weighted by Crippen LogP contribution is -2.11. The number of hydrogen-bond donors (Lipinski definition) is 0. The Balaban J connectivity index is 2.31. The largest absolute Gasteiger partial charge is 0.488 e. The number of rotatable bonds is 4. The molecule has 2 rings (SSSR count). The first-order chi connectivity index (χ1) is 7.58. The average Bonchev–Trinajstić information content (AvgIpc) is 3.01. The zero-order chi connectivity index (χ0) is 11.7. The molecule has 0 aromatic heterocycles. The van der Waals surface area contributed by atoms with E-state index in [1.54, 1.807) is 6.07 Å². The van der Waals surface area contributed by atoms with E-state index < -0.39 is 4.92 Å². The molecule has 1 saturated carbocycles. The highest BCUT2D eigenvalue weighted by atomic mass is 16.6. The van der Waals surface area contributed by atoms with Gasteiger partial charge in [0.25, 0.3) is 5.69 Å². The number of non-ortho nitro benzene ring substituents is 1. The molecule has 1 aliphatic carbocycles. The quantitative estimate of drug-likeness (QED) is 0.579. The summed E-state index contributed by atoms with van der Waals surface area (Å²) < 4.78 is 5.69. The number of nitrogens with zero attached hydrogens (tertiary/aromatic N) is 2. The van der Waals surface area contributed by atoms with Gasteiger partial charge in [-0.25, -0.2) is 0 Å². The van der Waals surface area contributed by atoms with Crippen LogP contribution in [0.15, 0.2) is 18.2 Å². The van der Waals surface area contributed by atoms with Crippen LogP contribution in [0.1, 0.15) is 12.8 Å². The van der Waals surface area contributed by atoms with Gasteiger partial charge in [0.15, 0.2) is 0 Å². The van der Waals surface area contributed by atoms with Crippen LogP contribution >= 0.6 is 0 Å². The molecule has 1 aliphatic rings. The summed E-state index contributed by atoms with van der Waals surface area (Å²) in [6.07, 6.45) is 2.44. The summed E-state index contributed by atoms with van der Waals surface area (Å²) in [5.74, 6) is 0.720. The van der Waals surface area contributed by atoms with E-state index in [0.29, 0.717) is 6.10 Å². The minimum atomic E-state index is -0.395. The van der Waals surface area contributed by atoms with Crippen LogP contribution in [0.4, 0.5) is 11.4 Å². The minimum absolute atomic E-state index is 0.0897. The van der Waals surface area contributed by atoms with Gasteiger partial charge in [-0.05, 0) is 18.9 Å². The van der Waals surface area contributed by atoms with Crippen molar-refractivity contribution in [2.75, 3.05) is 19.0 Å². The van der Waals surface area contributed by atoms with E-state index >= 15 is 0 Å². The normalized spacial score (nSPS) is 14.6. The zero-order valence-corrected chi connectivity index (χ0v) is 9.34. The topological polar surface area (TPSA) is 55.6 Å². The van der Waals surface area contributed by atoms with Gasteiger partial charge in [0.05, 0.1) is 16.7 Å². The van der Waals surface area contributed by atoms with Crippen LogP contribution in [-0.2, 0) is 0 Å². The molecule has 5 heteroatoms. The third-order valence-corrected chi connectivity index (χ3v) is 2.45. The predicted molar refractivity (Wildman–Crippen MR) is 61.1 cm³/mol. The van der Waals surface area contributed by atoms with Crippen LogP contribution in [-0.4, -0.2) is 25.1 Å². The van der Waals surface area contributed by atoms with E-state index in [-0.39, 0.29) is 5.69 Å². The summed E-state index contributed by atoms with van der Waals surface area (Å²) in [7, 11) is 3.69. The van der Waals surface area contributed by atoms with Crippen LogP contribution in [0.2, 0.25) is 0 Å². The van der Waals surface area contributed by atoms with E-state index in [9.17, 15) is 10.1 Å². The first-order valence-electron chi connectivity index (χ1n) is 5.20. The van der Waals surface area contributed by atoms with E-state index in [0.717, 1.165) is 24.3 Å². The molecule has 0 N–H and O–H groups in total. The maximum absolute atomic E-state index is 10.7. The molecule has 1 aromatic rings. The summed E-state index contributed by atoms with van der Waals surface area (Å²) >= 11 is 0. The highest BCUT2D eigenvalue weighted by Gasteiger charge is 2.25. The average molecular weight is 222 g/mol. The third kappa shape index (κ3) is 2.24. The van der Waals surface area contributed by atoms with Gasteiger partial charge in [-0.3, -0.25) is 10.1 Å². The maximum Gasteiger partial charge on any atom is 0.271 e. The molecule has 5 nitrogen and oxygen atoms in total. The van der Waals surface area contributed by atoms with Gasteiger partial charge in [0, 0.05) is 26.2 Å². The minimum Gasteiger partial charge on any atom is -0.488 e. The maximum atomic E-state index is 10.7. The van der Waals surface area contributed by atoms with Crippen molar-refractivity contribution >= 4 is 11.4 Å². The van der Waals surface area contributed by atoms with Gasteiger partial charge in [-0.2, -0.15) is 0 Å². The van der Waals surface area contributed by atoms with Crippen molar-refractivity contribution in [3.63, 3.8) is 0 Å². The summed E-state index contributed by atoms with van der Waals surface area (Å²) in [5, 5.41) is 10.7. The van der Waals surface area contributed by atoms with Gasteiger partial charge in [-0.15, -0.1) is 0 Å². The van der Waals surface area contributed by atoms with Crippen molar-refractivity contribution in [1.29, 1.82) is 0 Å². The monoisotopic (exact) mass is 222 g/mol. The Labute approximate surface area is 93.8 Å². The SMILES string of the molecule is CN(C)c1cc([N+](=O)[O-])ccc1OC1CC1. The predicted octanol–water partition coefficient (Wildman–Crippen LogP) is 2.20. The number of hydrogen-bond acceptors (Lipinski definition) is 4. The Morgan fingerprint density at radius 1 is 1.44 bits per heavy atom. The standard InChI is InChI=1S/C11H14N2O3/c1-12(2)10-7-8(13(14)15)3-6-11(10)16-9-4-5-9/h3,6-7,9H,4-5H2,1-2H3. The van der Waals surface area contributed by atoms with Crippen LogP contribution in [0, 0.1) is 10.1 Å². The molecular formula is C11H14N2O3. The lowest BCUT2D eigenvalue weighted by Gasteiger charge is -2.17. The van der Waals surface area contributed by atoms with Gasteiger partial charge in [0.1, 0.15) is 5.75 Å². The Hall–Kier alpha value is -1.78. The van der Waals surface area contributed by atoms with E-state index in [2.05, 4.69) is 0 Å². The lowest BCUT2D eigenvalue weighted by atomic mass is 10.2. The van der Waals surface area contributed by atoms with Crippen LogP contribution < -0.4 is 9.64 Å². The Kier molecular flexibility index (Phi) is 2.68. The molecule has 0 saturated heterocycles. The second-order valence-corrected chi connectivity index (χ2v) is 4.12. The van der Waals surface area contributed by atoms with E-state index in [1.807, 2.05) is 19.0 Å². The van der Waals surface area contributed by atoms with Gasteiger partial charge in [0.2, 0.25) is 0 Å². The van der Waals surface area contributed by atoms with Crippen LogP contribution in [0.3, 0.4) is 0 Å². The van der Waals surface area contributed by atoms with Crippen molar-refractivity contribution < 1.29 is 9.66 Å². The van der Waals surface area contributed by atoms with E-state index in [1.165, 1.54) is 12.1 Å². The van der Waals surface area contributed by atoms with Crippen molar-refractivity contribution in [2.45, 2.75) is 18.9 Å². The van der Waals surface area contributed by atoms with Crippen molar-refractivity contribution in [2.24, 2.45) is 0 Å². The molecule has 0 heterocycles. The van der Waals surface area contributed by atoms with Crippen LogP contribution in [0.5, 0.6) is 5.75 Å². The number of nitro groups is 1. The highest BCUT2D eigenvalue weighted by Crippen LogP contribution is 2.35. The Morgan fingerprint density at radius 3 is 2.62 bits per heavy atom. The first kappa shape index (κ1) is 10.7. The molecule has 1 fully saturated rings. The third-order valence-electron chi connectivity index (χ3n) is 2.45. The highest BCUT2D eigenvalue weighted by molar-refractivity contribution is 5.62. The number of anilines is 1. The Bertz CT molecular complexity index is 414. The molecule has 0 bridgehead atoms. The van der Waals surface area contributed by atoms with Crippen LogP contribution in [0.25, 0.3) is 0 Å². The zero-order valence-electron chi connectivity index (χ0n) is 9.34. The number of nitro benzene ring substituents is 1. The summed E-state index contributed by atoms with van der Waals surface area (Å²) in [6, 6.07) is 4.69. The van der Waals surface area contributed by atoms with Crippen molar-refractivity contribution in [1.82, 2.24) is 0 Å². The second kappa shape index (κ2) is 4.00. The molecule has 0 radical (unpaired) electrons. The fourth-order valence-corrected chi connectivity index (χ4v) is 1.43. The molecule has 86 valence electrons. The van der Waals surface area contributed by atoms with Crippen molar-refractivity contribution in [3.05, 3.63) is 28.3 Å². The summed E-state index contributed by atoms with van der Waals surface area (Å²) in [4.78, 5) is 12.1. The van der Waals surface area contributed by atoms with E-state index in [4.69, 9.17) is 4.74 Å². The molecule has 0 amide bonds. The molecule has 0 spiro atoms. The molecule has 1 aromatic carbocycles. The molecular weight excluding hydrogens is 208 g/mol. The first-order valence-corrected chi connectivity index (χ1v) is 5.20. The fourth-order valence-electron chi connectivity index (χ4n) is 1.43. The fraction of sp³-hybridized carbons (Fsp3) is 0.455. The summed E-state index contributed by atoms with van der Waals surface area (Å²) in [6.45, 7) is 0. The smallest absolute Gasteiger partial charge is 0.271 e. The van der Waals surface area contributed by atoms with Gasteiger partial charge in [-0.1, -0.05) is 0 Å². The molecule has 0 unspecified atom stereocenters. The van der Waals surface area contributed by atoms with Crippen molar-refractivity contribution in [3.8, 4) is 5.75 Å². The molecule has 16 heavy (non-hydrogen) atoms. The Morgan fingerprint density at radius 2 is 2.12 bits per heavy atom. The second-order valence-electron chi connectivity index (χ2n) is 4.12. The summed E-state index contributed by atoms with van der Waals surface area (Å²) in [5.41, 5.74) is 0.841.